The van der Waals surface area contributed by atoms with E-state index in [0.717, 1.165) is 11.3 Å². The molecule has 70 valence electrons. The highest BCUT2D eigenvalue weighted by molar-refractivity contribution is 5.70. The molecule has 0 radical (unpaired) electrons. The van der Waals surface area contributed by atoms with E-state index in [1.807, 2.05) is 31.2 Å². The fourth-order valence-corrected chi connectivity index (χ4v) is 1.10. The molecule has 0 atom stereocenters. The number of anilines is 1. The third kappa shape index (κ3) is 2.23. The topological polar surface area (TPSA) is 47.3 Å². The van der Waals surface area contributed by atoms with Crippen LogP contribution in [0.5, 0.6) is 0 Å². The molecule has 0 fully saturated rings. The van der Waals surface area contributed by atoms with E-state index in [-0.39, 0.29) is 0 Å². The van der Waals surface area contributed by atoms with E-state index in [0.29, 0.717) is 12.4 Å². The van der Waals surface area contributed by atoms with Gasteiger partial charge in [0.1, 0.15) is 5.76 Å². The first-order valence-electron chi connectivity index (χ1n) is 4.17. The molecule has 0 amide bonds. The van der Waals surface area contributed by atoms with Crippen LogP contribution in [-0.2, 0) is 4.74 Å². The van der Waals surface area contributed by atoms with Crippen molar-refractivity contribution in [1.82, 2.24) is 0 Å². The lowest BCUT2D eigenvalue weighted by Gasteiger charge is -2.11. The summed E-state index contributed by atoms with van der Waals surface area (Å²) in [5.41, 5.74) is 4.31. The van der Waals surface area contributed by atoms with Crippen molar-refractivity contribution in [3.8, 4) is 0 Å². The summed E-state index contributed by atoms with van der Waals surface area (Å²) in [5.74, 6) is 5.97. The number of hydrazine groups is 1. The Balaban J connectivity index is 2.92. The van der Waals surface area contributed by atoms with Gasteiger partial charge in [-0.3, -0.25) is 5.84 Å². The third-order valence-corrected chi connectivity index (χ3v) is 1.70. The van der Waals surface area contributed by atoms with Gasteiger partial charge in [-0.05, 0) is 19.1 Å². The zero-order valence-corrected chi connectivity index (χ0v) is 7.71. The van der Waals surface area contributed by atoms with Crippen molar-refractivity contribution in [3.63, 3.8) is 0 Å². The number of nitrogen functional groups attached to an aromatic ring is 1. The van der Waals surface area contributed by atoms with E-state index in [1.165, 1.54) is 0 Å². The number of nitrogens with one attached hydrogen (secondary N) is 1. The summed E-state index contributed by atoms with van der Waals surface area (Å²) >= 11 is 0. The molecule has 3 N–H and O–H groups in total. The smallest absolute Gasteiger partial charge is 0.121 e. The molecule has 0 aliphatic rings. The molecule has 0 unspecified atom stereocenters. The van der Waals surface area contributed by atoms with E-state index in [4.69, 9.17) is 10.6 Å². The predicted octanol–water partition coefficient (Wildman–Crippen LogP) is 1.98. The SMILES string of the molecule is C=C(OCC)c1ccccc1NN. The molecule has 3 heteroatoms. The van der Waals surface area contributed by atoms with Gasteiger partial charge in [0.15, 0.2) is 0 Å². The largest absolute Gasteiger partial charge is 0.494 e. The van der Waals surface area contributed by atoms with Gasteiger partial charge in [0.25, 0.3) is 0 Å². The second-order valence-corrected chi connectivity index (χ2v) is 2.55. The van der Waals surface area contributed by atoms with Crippen molar-refractivity contribution in [1.29, 1.82) is 0 Å². The lowest BCUT2D eigenvalue weighted by molar-refractivity contribution is 0.299. The monoisotopic (exact) mass is 178 g/mol. The molecule has 0 bridgehead atoms. The molecular formula is C10H14N2O. The number of nitrogens with two attached hydrogens (primary N) is 1. The van der Waals surface area contributed by atoms with Gasteiger partial charge >= 0.3 is 0 Å². The fraction of sp³-hybridized carbons (Fsp3) is 0.200. The van der Waals surface area contributed by atoms with Gasteiger partial charge in [-0.1, -0.05) is 18.7 Å². The van der Waals surface area contributed by atoms with E-state index >= 15 is 0 Å². The lowest BCUT2D eigenvalue weighted by atomic mass is 10.1. The average Bonchev–Trinajstić information content (AvgIpc) is 2.18. The van der Waals surface area contributed by atoms with Gasteiger partial charge in [0.2, 0.25) is 0 Å². The van der Waals surface area contributed by atoms with Crippen molar-refractivity contribution in [2.24, 2.45) is 5.84 Å². The quantitative estimate of drug-likeness (QED) is 0.421. The van der Waals surface area contributed by atoms with Crippen molar-refractivity contribution in [2.45, 2.75) is 6.92 Å². The maximum atomic E-state index is 5.34. The Bertz CT molecular complexity index is 297. The summed E-state index contributed by atoms with van der Waals surface area (Å²) in [6.45, 7) is 6.33. The number of benzene rings is 1. The van der Waals surface area contributed by atoms with Crippen molar-refractivity contribution >= 4 is 11.4 Å². The first-order chi connectivity index (χ1) is 6.29. The average molecular weight is 178 g/mol. The van der Waals surface area contributed by atoms with E-state index in [2.05, 4.69) is 12.0 Å². The Morgan fingerprint density at radius 3 is 2.85 bits per heavy atom. The Morgan fingerprint density at radius 2 is 2.23 bits per heavy atom. The molecular weight excluding hydrogens is 164 g/mol. The summed E-state index contributed by atoms with van der Waals surface area (Å²) in [6.07, 6.45) is 0. The van der Waals surface area contributed by atoms with Gasteiger partial charge in [0.05, 0.1) is 12.3 Å². The molecule has 1 rings (SSSR count). The molecule has 13 heavy (non-hydrogen) atoms. The van der Waals surface area contributed by atoms with E-state index in [9.17, 15) is 0 Å². The zero-order chi connectivity index (χ0) is 9.68. The third-order valence-electron chi connectivity index (χ3n) is 1.70. The summed E-state index contributed by atoms with van der Waals surface area (Å²) in [4.78, 5) is 0. The number of hydrogen-bond acceptors (Lipinski definition) is 3. The van der Waals surface area contributed by atoms with Crippen molar-refractivity contribution in [3.05, 3.63) is 36.4 Å². The molecule has 0 saturated carbocycles. The predicted molar refractivity (Wildman–Crippen MR) is 54.9 cm³/mol. The van der Waals surface area contributed by atoms with Gasteiger partial charge in [-0.2, -0.15) is 0 Å². The fourth-order valence-electron chi connectivity index (χ4n) is 1.10. The normalized spacial score (nSPS) is 9.38. The second kappa shape index (κ2) is 4.52. The van der Waals surface area contributed by atoms with Crippen LogP contribution in [0.25, 0.3) is 5.76 Å². The van der Waals surface area contributed by atoms with Crippen LogP contribution in [-0.4, -0.2) is 6.61 Å². The summed E-state index contributed by atoms with van der Waals surface area (Å²) < 4.78 is 5.28. The maximum Gasteiger partial charge on any atom is 0.121 e. The van der Waals surface area contributed by atoms with Crippen LogP contribution in [0.1, 0.15) is 12.5 Å². The van der Waals surface area contributed by atoms with Crippen molar-refractivity contribution in [2.75, 3.05) is 12.0 Å². The minimum Gasteiger partial charge on any atom is -0.494 e. The number of hydrogen-bond donors (Lipinski definition) is 2. The second-order valence-electron chi connectivity index (χ2n) is 2.55. The highest BCUT2D eigenvalue weighted by atomic mass is 16.5. The van der Waals surface area contributed by atoms with Gasteiger partial charge < -0.3 is 10.2 Å². The zero-order valence-electron chi connectivity index (χ0n) is 7.71. The Hall–Kier alpha value is -1.48. The van der Waals surface area contributed by atoms with Crippen LogP contribution in [0.15, 0.2) is 30.8 Å². The maximum absolute atomic E-state index is 5.34. The van der Waals surface area contributed by atoms with Crippen LogP contribution in [0, 0.1) is 0 Å². The molecule has 0 aromatic heterocycles. The molecule has 3 nitrogen and oxygen atoms in total. The molecule has 0 aliphatic heterocycles. The van der Waals surface area contributed by atoms with Gasteiger partial charge in [-0.25, -0.2) is 0 Å². The number of ether oxygens (including phenoxy) is 1. The minimum absolute atomic E-state index is 0.609. The Labute approximate surface area is 78.2 Å². The van der Waals surface area contributed by atoms with Crippen molar-refractivity contribution < 1.29 is 4.74 Å². The van der Waals surface area contributed by atoms with Crippen LogP contribution < -0.4 is 11.3 Å². The first-order valence-corrected chi connectivity index (χ1v) is 4.17. The van der Waals surface area contributed by atoms with Crippen LogP contribution in [0.3, 0.4) is 0 Å². The molecule has 0 spiro atoms. The molecule has 1 aromatic carbocycles. The molecule has 1 aromatic rings. The molecule has 0 aliphatic carbocycles. The molecule has 0 saturated heterocycles. The summed E-state index contributed by atoms with van der Waals surface area (Å²) in [6, 6.07) is 7.60. The van der Waals surface area contributed by atoms with E-state index in [1.54, 1.807) is 0 Å². The highest BCUT2D eigenvalue weighted by Crippen LogP contribution is 2.21. The van der Waals surface area contributed by atoms with Crippen LogP contribution in [0.2, 0.25) is 0 Å². The Morgan fingerprint density at radius 1 is 1.54 bits per heavy atom. The van der Waals surface area contributed by atoms with Gasteiger partial charge in [-0.15, -0.1) is 0 Å². The van der Waals surface area contributed by atoms with Gasteiger partial charge in [0, 0.05) is 5.56 Å². The summed E-state index contributed by atoms with van der Waals surface area (Å²) in [5, 5.41) is 0. The standard InChI is InChI=1S/C10H14N2O/c1-3-13-8(2)9-6-4-5-7-10(9)12-11/h4-7,12H,2-3,11H2,1H3. The van der Waals surface area contributed by atoms with Crippen LogP contribution >= 0.6 is 0 Å². The summed E-state index contributed by atoms with van der Waals surface area (Å²) in [7, 11) is 0. The highest BCUT2D eigenvalue weighted by Gasteiger charge is 2.03. The lowest BCUT2D eigenvalue weighted by Crippen LogP contribution is -2.09. The first kappa shape index (κ1) is 9.61. The van der Waals surface area contributed by atoms with Crippen LogP contribution in [0.4, 0.5) is 5.69 Å². The molecule has 0 heterocycles. The Kier molecular flexibility index (Phi) is 3.34. The minimum atomic E-state index is 0.609. The number of rotatable bonds is 4. The number of para-hydroxylation sites is 1. The van der Waals surface area contributed by atoms with E-state index < -0.39 is 0 Å².